The number of carbonyl (C=O) groups excluding carboxylic acids is 2. The van der Waals surface area contributed by atoms with Gasteiger partial charge in [-0.15, -0.1) is 0 Å². The maximum Gasteiger partial charge on any atom is 0.331 e. The second-order valence-electron chi connectivity index (χ2n) is 13.4. The second kappa shape index (κ2) is 12.0. The summed E-state index contributed by atoms with van der Waals surface area (Å²) in [5, 5.41) is 24.2. The zero-order valence-corrected chi connectivity index (χ0v) is 25.3. The van der Waals surface area contributed by atoms with E-state index in [4.69, 9.17) is 9.47 Å². The first-order valence-corrected chi connectivity index (χ1v) is 15.4. The van der Waals surface area contributed by atoms with Crippen molar-refractivity contribution in [3.05, 3.63) is 47.6 Å². The maximum atomic E-state index is 13.2. The Labute approximate surface area is 240 Å². The number of esters is 2. The molecule has 40 heavy (non-hydrogen) atoms. The van der Waals surface area contributed by atoms with Crippen LogP contribution in [0.15, 0.2) is 47.6 Å². The van der Waals surface area contributed by atoms with Gasteiger partial charge in [-0.05, 0) is 67.3 Å². The van der Waals surface area contributed by atoms with E-state index < -0.39 is 35.2 Å². The van der Waals surface area contributed by atoms with Gasteiger partial charge in [-0.1, -0.05) is 83.8 Å². The molecule has 0 radical (unpaired) electrons. The molecule has 0 saturated heterocycles. The summed E-state index contributed by atoms with van der Waals surface area (Å²) < 4.78 is 11.5. The molecule has 2 bridgehead atoms. The molecule has 4 aliphatic carbocycles. The molecule has 2 N–H and O–H groups in total. The molecule has 0 aliphatic heterocycles. The zero-order valence-electron chi connectivity index (χ0n) is 25.3. The first-order chi connectivity index (χ1) is 18.9. The predicted octanol–water partition coefficient (Wildman–Crippen LogP) is 6.23. The monoisotopic (exact) mass is 554 g/mol. The summed E-state index contributed by atoms with van der Waals surface area (Å²) in [6.07, 6.45) is 17.3. The lowest BCUT2D eigenvalue weighted by atomic mass is 9.59. The van der Waals surface area contributed by atoms with Crippen molar-refractivity contribution < 1.29 is 29.3 Å². The van der Waals surface area contributed by atoms with E-state index in [-0.39, 0.29) is 23.9 Å². The number of fused-ring (bicyclic) bond motifs is 3. The number of unbranched alkanes of at least 4 members (excludes halogenated alkanes) is 5. The summed E-state index contributed by atoms with van der Waals surface area (Å²) >= 11 is 0. The van der Waals surface area contributed by atoms with Crippen molar-refractivity contribution in [3.8, 4) is 0 Å². The minimum Gasteiger partial charge on any atom is -0.461 e. The molecule has 0 heterocycles. The molecule has 0 amide bonds. The highest BCUT2D eigenvalue weighted by Gasteiger charge is 2.72. The van der Waals surface area contributed by atoms with Gasteiger partial charge in [0.1, 0.15) is 18.3 Å². The quantitative estimate of drug-likeness (QED) is 0.103. The lowest BCUT2D eigenvalue weighted by molar-refractivity contribution is -0.202. The molecule has 8 atom stereocenters. The average Bonchev–Trinajstić information content (AvgIpc) is 3.44. The van der Waals surface area contributed by atoms with E-state index in [1.165, 1.54) is 38.7 Å². The van der Waals surface area contributed by atoms with Crippen molar-refractivity contribution >= 4 is 11.9 Å². The van der Waals surface area contributed by atoms with E-state index in [0.717, 1.165) is 19.3 Å². The third-order valence-corrected chi connectivity index (χ3v) is 10.5. The number of aliphatic hydroxyl groups is 2. The molecule has 2 fully saturated rings. The fourth-order valence-corrected chi connectivity index (χ4v) is 8.36. The largest absolute Gasteiger partial charge is 0.461 e. The van der Waals surface area contributed by atoms with Gasteiger partial charge in [-0.25, -0.2) is 4.79 Å². The minimum absolute atomic E-state index is 0.0577. The summed E-state index contributed by atoms with van der Waals surface area (Å²) in [5.41, 5.74) is -1.14. The summed E-state index contributed by atoms with van der Waals surface area (Å²) in [4.78, 5) is 25.0. The highest BCUT2D eigenvalue weighted by Crippen LogP contribution is 2.72. The van der Waals surface area contributed by atoms with Gasteiger partial charge in [0.2, 0.25) is 0 Å². The van der Waals surface area contributed by atoms with Gasteiger partial charge in [0.15, 0.2) is 6.10 Å². The average molecular weight is 555 g/mol. The fourth-order valence-electron chi connectivity index (χ4n) is 8.36. The summed E-state index contributed by atoms with van der Waals surface area (Å²) in [6.45, 7) is 12.0. The molecule has 0 aromatic carbocycles. The topological polar surface area (TPSA) is 93.1 Å². The first kappa shape index (κ1) is 30.8. The number of aliphatic hydroxyl groups excluding tert-OH is 1. The number of carbonyl (C=O) groups is 2. The Morgan fingerprint density at radius 1 is 1.15 bits per heavy atom. The normalized spacial score (nSPS) is 37.7. The third kappa shape index (κ3) is 5.51. The van der Waals surface area contributed by atoms with E-state index >= 15 is 0 Å². The fraction of sp³-hybridized carbons (Fsp3) is 0.706. The van der Waals surface area contributed by atoms with Crippen LogP contribution in [0, 0.1) is 34.5 Å². The molecule has 2 saturated carbocycles. The number of rotatable bonds is 11. The molecule has 8 unspecified atom stereocenters. The van der Waals surface area contributed by atoms with Gasteiger partial charge in [-0.2, -0.15) is 0 Å². The van der Waals surface area contributed by atoms with Crippen LogP contribution in [0.5, 0.6) is 0 Å². The molecule has 0 aromatic rings. The Bertz CT molecular complexity index is 1080. The van der Waals surface area contributed by atoms with Crippen molar-refractivity contribution in [2.45, 2.75) is 111 Å². The molecule has 0 aromatic heterocycles. The zero-order chi connectivity index (χ0) is 29.3. The van der Waals surface area contributed by atoms with Crippen LogP contribution >= 0.6 is 0 Å². The van der Waals surface area contributed by atoms with Crippen LogP contribution in [0.2, 0.25) is 0 Å². The molecule has 4 aliphatic rings. The van der Waals surface area contributed by atoms with E-state index in [1.54, 1.807) is 6.08 Å². The number of hydrogen-bond acceptors (Lipinski definition) is 6. The molecule has 6 nitrogen and oxygen atoms in total. The van der Waals surface area contributed by atoms with Gasteiger partial charge < -0.3 is 19.7 Å². The van der Waals surface area contributed by atoms with Gasteiger partial charge >= 0.3 is 11.9 Å². The van der Waals surface area contributed by atoms with Crippen LogP contribution < -0.4 is 0 Å². The number of ether oxygens (including phenoxy) is 2. The number of allylic oxidation sites excluding steroid dienone is 4. The van der Waals surface area contributed by atoms with E-state index in [9.17, 15) is 19.8 Å². The van der Waals surface area contributed by atoms with Crippen LogP contribution in [0.3, 0.4) is 0 Å². The SMILES string of the molecule is CCCCCCCC=CC=CC(=O)OC1C(COC(C)=O)=CC2CC3(C=C(C)C(O)C13O)C(C)CC1C2C1(C)C. The van der Waals surface area contributed by atoms with Crippen LogP contribution in [-0.2, 0) is 19.1 Å². The third-order valence-electron chi connectivity index (χ3n) is 10.5. The van der Waals surface area contributed by atoms with Gasteiger partial charge in [0, 0.05) is 24.0 Å². The molecular formula is C34H50O6. The van der Waals surface area contributed by atoms with Gasteiger partial charge in [-0.3, -0.25) is 4.79 Å². The van der Waals surface area contributed by atoms with Crippen LogP contribution in [0.1, 0.15) is 92.9 Å². The van der Waals surface area contributed by atoms with Crippen molar-refractivity contribution in [2.75, 3.05) is 6.61 Å². The summed E-state index contributed by atoms with van der Waals surface area (Å²) in [5.74, 6) is 0.0422. The van der Waals surface area contributed by atoms with Crippen molar-refractivity contribution in [2.24, 2.45) is 34.5 Å². The Kier molecular flexibility index (Phi) is 9.21. The highest BCUT2D eigenvalue weighted by atomic mass is 16.6. The van der Waals surface area contributed by atoms with E-state index in [1.807, 2.05) is 19.1 Å². The van der Waals surface area contributed by atoms with Gasteiger partial charge in [0.25, 0.3) is 0 Å². The van der Waals surface area contributed by atoms with E-state index in [0.29, 0.717) is 29.4 Å². The predicted molar refractivity (Wildman–Crippen MR) is 156 cm³/mol. The first-order valence-electron chi connectivity index (χ1n) is 15.4. The Morgan fingerprint density at radius 2 is 1.88 bits per heavy atom. The van der Waals surface area contributed by atoms with Gasteiger partial charge in [0.05, 0.1) is 0 Å². The molecule has 1 spiro atoms. The Balaban J connectivity index is 1.62. The Morgan fingerprint density at radius 3 is 2.58 bits per heavy atom. The van der Waals surface area contributed by atoms with Crippen molar-refractivity contribution in [1.82, 2.24) is 0 Å². The number of hydrogen-bond donors (Lipinski definition) is 2. The summed E-state index contributed by atoms with van der Waals surface area (Å²) in [7, 11) is 0. The standard InChI is InChI=1S/C34H50O6/c1-7-8-9-10-11-12-13-14-15-16-28(36)40-31-26(21-39-24(4)35)18-25-20-33(19-22(2)30(37)34(31,33)38)23(3)17-27-29(25)32(27,5)6/h13-16,18-19,23,25,27,29-31,37-38H,7-12,17,20-21H2,1-6H3. The van der Waals surface area contributed by atoms with Crippen molar-refractivity contribution in [1.29, 1.82) is 0 Å². The molecule has 222 valence electrons. The van der Waals surface area contributed by atoms with Crippen LogP contribution in [0.4, 0.5) is 0 Å². The molecule has 4 rings (SSSR count). The maximum absolute atomic E-state index is 13.2. The molecule has 6 heteroatoms. The summed E-state index contributed by atoms with van der Waals surface area (Å²) in [6, 6.07) is 0. The lowest BCUT2D eigenvalue weighted by Crippen LogP contribution is -2.63. The minimum atomic E-state index is -1.77. The highest BCUT2D eigenvalue weighted by molar-refractivity contribution is 5.82. The van der Waals surface area contributed by atoms with E-state index in [2.05, 4.69) is 39.8 Å². The molecular weight excluding hydrogens is 504 g/mol. The van der Waals surface area contributed by atoms with Crippen LogP contribution in [0.25, 0.3) is 0 Å². The Hall–Kier alpha value is -2.18. The lowest BCUT2D eigenvalue weighted by Gasteiger charge is -2.50. The second-order valence-corrected chi connectivity index (χ2v) is 13.4. The smallest absolute Gasteiger partial charge is 0.331 e. The van der Waals surface area contributed by atoms with Crippen LogP contribution in [-0.4, -0.2) is 46.6 Å². The van der Waals surface area contributed by atoms with Crippen molar-refractivity contribution in [3.63, 3.8) is 0 Å².